The van der Waals surface area contributed by atoms with Crippen LogP contribution in [-0.4, -0.2) is 77.7 Å². The summed E-state index contributed by atoms with van der Waals surface area (Å²) in [4.78, 5) is 26.1. The number of benzene rings is 2. The average molecular weight is 592 g/mol. The van der Waals surface area contributed by atoms with Gasteiger partial charge in [-0.2, -0.15) is 10.2 Å². The Morgan fingerprint density at radius 3 is 2.63 bits per heavy atom. The van der Waals surface area contributed by atoms with E-state index < -0.39 is 29.8 Å². The van der Waals surface area contributed by atoms with Crippen LogP contribution < -0.4 is 10.6 Å². The Labute approximate surface area is 249 Å². The maximum absolute atomic E-state index is 14.1. The lowest BCUT2D eigenvalue weighted by atomic mass is 10.0. The van der Waals surface area contributed by atoms with E-state index in [0.29, 0.717) is 43.3 Å². The third kappa shape index (κ3) is 7.05. The van der Waals surface area contributed by atoms with E-state index in [9.17, 15) is 13.6 Å². The first kappa shape index (κ1) is 30.2. The standard InChI is InChI=1S/C31H35F2N7O3/c1-20-28(21-12-13-34-23(16-21)18-38(2)3)37-40(24-8-6-5-7-9-24)30(20)36-31(41)35-27-19-39(14-15-42-4)43-29(27)22-10-11-25(32)26(33)17-22/h5-13,16-17,27,29H,14-15,18-19H2,1-4H3,(H2,35,36,41)/t27-,29+/m1/s1. The van der Waals surface area contributed by atoms with E-state index in [2.05, 4.69) is 15.6 Å². The van der Waals surface area contributed by atoms with Gasteiger partial charge in [-0.25, -0.2) is 18.3 Å². The molecule has 2 aromatic carbocycles. The lowest BCUT2D eigenvalue weighted by molar-refractivity contribution is -0.154. The van der Waals surface area contributed by atoms with Crippen LogP contribution in [0.2, 0.25) is 0 Å². The first-order valence-corrected chi connectivity index (χ1v) is 13.9. The number of nitrogens with zero attached hydrogens (tertiary/aromatic N) is 5. The van der Waals surface area contributed by atoms with E-state index in [0.717, 1.165) is 34.6 Å². The summed E-state index contributed by atoms with van der Waals surface area (Å²) in [5, 5.41) is 12.5. The Morgan fingerprint density at radius 2 is 1.91 bits per heavy atom. The van der Waals surface area contributed by atoms with Crippen LogP contribution in [0.5, 0.6) is 0 Å². The van der Waals surface area contributed by atoms with Crippen molar-refractivity contribution in [1.29, 1.82) is 0 Å². The highest BCUT2D eigenvalue weighted by atomic mass is 19.2. The number of hydroxylamine groups is 2. The molecule has 0 spiro atoms. The van der Waals surface area contributed by atoms with Gasteiger partial charge in [0.05, 0.1) is 29.7 Å². The number of ether oxygens (including phenoxy) is 1. The molecule has 0 aliphatic carbocycles. The molecule has 2 N–H and O–H groups in total. The van der Waals surface area contributed by atoms with Crippen LogP contribution in [0, 0.1) is 18.6 Å². The molecule has 2 amide bonds. The molecule has 10 nitrogen and oxygen atoms in total. The van der Waals surface area contributed by atoms with E-state index in [-0.39, 0.29) is 0 Å². The number of carbonyl (C=O) groups excluding carboxylic acids is 1. The van der Waals surface area contributed by atoms with Gasteiger partial charge in [-0.05, 0) is 63.0 Å². The molecule has 2 atom stereocenters. The maximum atomic E-state index is 14.1. The van der Waals surface area contributed by atoms with Gasteiger partial charge in [-0.15, -0.1) is 0 Å². The molecule has 2 aromatic heterocycles. The van der Waals surface area contributed by atoms with E-state index in [1.807, 2.05) is 68.4 Å². The van der Waals surface area contributed by atoms with Gasteiger partial charge in [0.2, 0.25) is 0 Å². The molecule has 3 heterocycles. The SMILES string of the molecule is COCCN1C[C@@H](NC(=O)Nc2c(C)c(-c3ccnc(CN(C)C)c3)nn2-c2ccccc2)[C@H](c2ccc(F)c(F)c2)O1. The zero-order valence-electron chi connectivity index (χ0n) is 24.6. The highest BCUT2D eigenvalue weighted by molar-refractivity contribution is 5.91. The number of carbonyl (C=O) groups is 1. The molecule has 0 saturated carbocycles. The topological polar surface area (TPSA) is 96.8 Å². The van der Waals surface area contributed by atoms with Gasteiger partial charge >= 0.3 is 6.03 Å². The van der Waals surface area contributed by atoms with Gasteiger partial charge in [-0.1, -0.05) is 24.3 Å². The van der Waals surface area contributed by atoms with Crippen molar-refractivity contribution in [1.82, 2.24) is 30.0 Å². The Morgan fingerprint density at radius 1 is 1.12 bits per heavy atom. The number of amides is 2. The number of urea groups is 1. The van der Waals surface area contributed by atoms with Crippen LogP contribution in [0.1, 0.15) is 22.9 Å². The Bertz CT molecular complexity index is 1560. The van der Waals surface area contributed by atoms with E-state index >= 15 is 0 Å². The molecule has 226 valence electrons. The highest BCUT2D eigenvalue weighted by Gasteiger charge is 2.37. The summed E-state index contributed by atoms with van der Waals surface area (Å²) in [6.07, 6.45) is 1.02. The van der Waals surface area contributed by atoms with Crippen molar-refractivity contribution in [2.24, 2.45) is 0 Å². The van der Waals surface area contributed by atoms with Crippen molar-refractivity contribution in [2.75, 3.05) is 46.2 Å². The van der Waals surface area contributed by atoms with Crippen LogP contribution in [0.25, 0.3) is 16.9 Å². The largest absolute Gasteiger partial charge is 0.383 e. The third-order valence-electron chi connectivity index (χ3n) is 7.09. The second-order valence-corrected chi connectivity index (χ2v) is 10.6. The second-order valence-electron chi connectivity index (χ2n) is 10.6. The van der Waals surface area contributed by atoms with Crippen molar-refractivity contribution in [2.45, 2.75) is 25.6 Å². The van der Waals surface area contributed by atoms with Crippen LogP contribution in [0.4, 0.5) is 19.4 Å². The van der Waals surface area contributed by atoms with Gasteiger partial charge in [-0.3, -0.25) is 15.1 Å². The number of hydrogen-bond donors (Lipinski definition) is 2. The number of methoxy groups -OCH3 is 1. The van der Waals surface area contributed by atoms with Crippen molar-refractivity contribution in [3.8, 4) is 16.9 Å². The molecule has 43 heavy (non-hydrogen) atoms. The Kier molecular flexibility index (Phi) is 9.41. The van der Waals surface area contributed by atoms with Gasteiger partial charge in [0, 0.05) is 44.1 Å². The summed E-state index contributed by atoms with van der Waals surface area (Å²) < 4.78 is 34.6. The van der Waals surface area contributed by atoms with Gasteiger partial charge < -0.3 is 15.0 Å². The number of pyridine rings is 1. The molecular formula is C31H35F2N7O3. The summed E-state index contributed by atoms with van der Waals surface area (Å²) in [6, 6.07) is 15.9. The van der Waals surface area contributed by atoms with E-state index in [1.165, 1.54) is 6.07 Å². The zero-order valence-corrected chi connectivity index (χ0v) is 24.6. The first-order chi connectivity index (χ1) is 20.7. The predicted octanol–water partition coefficient (Wildman–Crippen LogP) is 4.71. The zero-order chi connectivity index (χ0) is 30.5. The number of para-hydroxylation sites is 1. The fourth-order valence-electron chi connectivity index (χ4n) is 5.05. The summed E-state index contributed by atoms with van der Waals surface area (Å²) in [6.45, 7) is 3.71. The van der Waals surface area contributed by atoms with Crippen molar-refractivity contribution in [3.63, 3.8) is 0 Å². The quantitative estimate of drug-likeness (QED) is 0.276. The fourth-order valence-corrected chi connectivity index (χ4v) is 5.05. The number of rotatable bonds is 10. The van der Waals surface area contributed by atoms with Crippen LogP contribution in [0.3, 0.4) is 0 Å². The average Bonchev–Trinajstić information content (AvgIpc) is 3.54. The number of halogens is 2. The van der Waals surface area contributed by atoms with Crippen LogP contribution in [0.15, 0.2) is 66.9 Å². The minimum absolute atomic E-state index is 0.314. The number of anilines is 1. The number of hydrogen-bond acceptors (Lipinski definition) is 7. The minimum atomic E-state index is -0.987. The lowest BCUT2D eigenvalue weighted by Gasteiger charge is -2.20. The smallest absolute Gasteiger partial charge is 0.320 e. The molecule has 1 aliphatic rings. The molecule has 12 heteroatoms. The van der Waals surface area contributed by atoms with Crippen LogP contribution in [-0.2, 0) is 16.1 Å². The molecule has 0 unspecified atom stereocenters. The Balaban J connectivity index is 1.43. The first-order valence-electron chi connectivity index (χ1n) is 13.9. The highest BCUT2D eigenvalue weighted by Crippen LogP contribution is 2.32. The van der Waals surface area contributed by atoms with Gasteiger partial charge in [0.25, 0.3) is 0 Å². The van der Waals surface area contributed by atoms with Crippen LogP contribution >= 0.6 is 0 Å². The lowest BCUT2D eigenvalue weighted by Crippen LogP contribution is -2.42. The molecular weight excluding hydrogens is 556 g/mol. The summed E-state index contributed by atoms with van der Waals surface area (Å²) >= 11 is 0. The summed E-state index contributed by atoms with van der Waals surface area (Å²) in [7, 11) is 5.54. The van der Waals surface area contributed by atoms with Gasteiger partial charge in [0.1, 0.15) is 11.9 Å². The molecule has 0 radical (unpaired) electrons. The summed E-state index contributed by atoms with van der Waals surface area (Å²) in [5.41, 5.74) is 4.41. The number of aromatic nitrogens is 3. The maximum Gasteiger partial charge on any atom is 0.320 e. The molecule has 1 saturated heterocycles. The minimum Gasteiger partial charge on any atom is -0.383 e. The van der Waals surface area contributed by atoms with Crippen molar-refractivity contribution in [3.05, 3.63) is 95.3 Å². The van der Waals surface area contributed by atoms with E-state index in [4.69, 9.17) is 14.7 Å². The van der Waals surface area contributed by atoms with Crippen molar-refractivity contribution >= 4 is 11.8 Å². The molecule has 1 fully saturated rings. The number of nitrogens with one attached hydrogen (secondary N) is 2. The van der Waals surface area contributed by atoms with E-state index in [1.54, 1.807) is 23.1 Å². The molecule has 0 bridgehead atoms. The Hall–Kier alpha value is -4.23. The molecule has 1 aliphatic heterocycles. The van der Waals surface area contributed by atoms with Gasteiger partial charge in [0.15, 0.2) is 11.6 Å². The monoisotopic (exact) mass is 591 g/mol. The third-order valence-corrected chi connectivity index (χ3v) is 7.09. The fraction of sp³-hybridized carbons (Fsp3) is 0.323. The normalized spacial score (nSPS) is 17.0. The second kappa shape index (κ2) is 13.4. The predicted molar refractivity (Wildman–Crippen MR) is 158 cm³/mol. The molecule has 5 rings (SSSR count). The summed E-state index contributed by atoms with van der Waals surface area (Å²) in [5.74, 6) is -1.45. The van der Waals surface area contributed by atoms with Crippen molar-refractivity contribution < 1.29 is 23.1 Å². The molecule has 4 aromatic rings.